The van der Waals surface area contributed by atoms with E-state index in [9.17, 15) is 13.6 Å². The highest BCUT2D eigenvalue weighted by molar-refractivity contribution is 6.05. The van der Waals surface area contributed by atoms with Gasteiger partial charge >= 0.3 is 0 Å². The summed E-state index contributed by atoms with van der Waals surface area (Å²) in [6, 6.07) is 17.3. The number of hydrogen-bond acceptors (Lipinski definition) is 3. The second-order valence-electron chi connectivity index (χ2n) is 8.44. The Morgan fingerprint density at radius 2 is 1.79 bits per heavy atom. The number of rotatable bonds is 4. The van der Waals surface area contributed by atoms with Crippen LogP contribution < -0.4 is 0 Å². The molecular weight excluding hydrogens is 420 g/mol. The van der Waals surface area contributed by atoms with Crippen LogP contribution in [0.15, 0.2) is 73.1 Å². The molecule has 1 saturated heterocycles. The molecule has 0 aliphatic carbocycles. The van der Waals surface area contributed by atoms with Crippen LogP contribution in [0, 0.1) is 11.6 Å². The van der Waals surface area contributed by atoms with Crippen LogP contribution in [-0.2, 0) is 6.42 Å². The molecule has 4 nitrogen and oxygen atoms in total. The summed E-state index contributed by atoms with van der Waals surface area (Å²) in [6.45, 7) is 1.25. The number of nitrogens with zero attached hydrogens (tertiary/aromatic N) is 3. The number of amides is 1. The Labute approximate surface area is 190 Å². The first-order valence-corrected chi connectivity index (χ1v) is 11.1. The molecule has 6 heteroatoms. The topological polar surface area (TPSA) is 46.1 Å². The zero-order valence-corrected chi connectivity index (χ0v) is 18.0. The Kier molecular flexibility index (Phi) is 5.82. The Morgan fingerprint density at radius 3 is 2.58 bits per heavy atom. The minimum absolute atomic E-state index is 0.0454. The van der Waals surface area contributed by atoms with Crippen molar-refractivity contribution in [3.05, 3.63) is 107 Å². The third kappa shape index (κ3) is 4.33. The lowest BCUT2D eigenvalue weighted by Crippen LogP contribution is -2.39. The van der Waals surface area contributed by atoms with Crippen LogP contribution in [0.5, 0.6) is 0 Å². The van der Waals surface area contributed by atoms with Gasteiger partial charge in [0.25, 0.3) is 5.91 Å². The molecule has 0 spiro atoms. The number of fused-ring (bicyclic) bond motifs is 1. The maximum absolute atomic E-state index is 14.0. The zero-order chi connectivity index (χ0) is 22.8. The Balaban J connectivity index is 1.32. The van der Waals surface area contributed by atoms with Crippen molar-refractivity contribution in [1.82, 2.24) is 14.9 Å². The fourth-order valence-electron chi connectivity index (χ4n) is 4.53. The number of pyridine rings is 2. The molecule has 1 amide bonds. The van der Waals surface area contributed by atoms with Gasteiger partial charge in [-0.3, -0.25) is 14.8 Å². The fraction of sp³-hybridized carbons (Fsp3) is 0.222. The number of carbonyl (C=O) groups is 1. The molecule has 166 valence electrons. The van der Waals surface area contributed by atoms with Crippen molar-refractivity contribution in [3.8, 4) is 0 Å². The minimum atomic E-state index is -0.553. The molecule has 0 bridgehead atoms. The Morgan fingerprint density at radius 1 is 0.970 bits per heavy atom. The van der Waals surface area contributed by atoms with Crippen molar-refractivity contribution in [2.24, 2.45) is 0 Å². The summed E-state index contributed by atoms with van der Waals surface area (Å²) >= 11 is 0. The van der Waals surface area contributed by atoms with Crippen molar-refractivity contribution < 1.29 is 13.6 Å². The number of carbonyl (C=O) groups excluding carboxylic acids is 1. The lowest BCUT2D eigenvalue weighted by molar-refractivity contribution is 0.0702. The van der Waals surface area contributed by atoms with Crippen molar-refractivity contribution in [2.75, 3.05) is 13.1 Å². The van der Waals surface area contributed by atoms with Crippen LogP contribution in [0.25, 0.3) is 10.8 Å². The molecule has 1 aliphatic rings. The van der Waals surface area contributed by atoms with E-state index >= 15 is 0 Å². The summed E-state index contributed by atoms with van der Waals surface area (Å²) < 4.78 is 27.9. The van der Waals surface area contributed by atoms with Crippen LogP contribution in [0.3, 0.4) is 0 Å². The first-order valence-electron chi connectivity index (χ1n) is 11.1. The van der Waals surface area contributed by atoms with E-state index in [0.717, 1.165) is 34.9 Å². The van der Waals surface area contributed by atoms with Gasteiger partial charge in [-0.1, -0.05) is 36.4 Å². The van der Waals surface area contributed by atoms with Gasteiger partial charge in [-0.2, -0.15) is 0 Å². The van der Waals surface area contributed by atoms with Gasteiger partial charge in [-0.25, -0.2) is 8.78 Å². The van der Waals surface area contributed by atoms with Crippen LogP contribution >= 0.6 is 0 Å². The Hall–Kier alpha value is -3.67. The van der Waals surface area contributed by atoms with Gasteiger partial charge in [0.1, 0.15) is 17.3 Å². The van der Waals surface area contributed by atoms with Crippen molar-refractivity contribution in [3.63, 3.8) is 0 Å². The third-order valence-corrected chi connectivity index (χ3v) is 6.29. The van der Waals surface area contributed by atoms with Gasteiger partial charge in [0, 0.05) is 54.5 Å². The SMILES string of the molecule is O=C(c1nccc2ccccc12)N1CCC[C@H](c2ccc(Cc3c(F)cccc3F)cn2)C1. The smallest absolute Gasteiger partial charge is 0.273 e. The molecule has 1 aliphatic heterocycles. The highest BCUT2D eigenvalue weighted by Crippen LogP contribution is 2.28. The molecule has 4 aromatic rings. The molecular formula is C27H23F2N3O. The average Bonchev–Trinajstić information content (AvgIpc) is 2.86. The molecule has 0 saturated carbocycles. The third-order valence-electron chi connectivity index (χ3n) is 6.29. The number of aromatic nitrogens is 2. The highest BCUT2D eigenvalue weighted by atomic mass is 19.1. The van der Waals surface area contributed by atoms with E-state index in [2.05, 4.69) is 9.97 Å². The zero-order valence-electron chi connectivity index (χ0n) is 18.0. The number of piperidine rings is 1. The standard InChI is InChI=1S/C27H23F2N3O/c28-23-8-3-9-24(29)22(23)15-18-10-11-25(31-16-18)20-6-4-14-32(17-20)27(33)26-21-7-2-1-5-19(21)12-13-30-26/h1-3,5,7-13,16,20H,4,6,14-15,17H2/t20-/m0/s1. The predicted octanol–water partition coefficient (Wildman–Crippen LogP) is 5.52. The van der Waals surface area contributed by atoms with E-state index < -0.39 is 11.6 Å². The molecule has 33 heavy (non-hydrogen) atoms. The minimum Gasteiger partial charge on any atom is -0.337 e. The van der Waals surface area contributed by atoms with Gasteiger partial charge in [0.05, 0.1) is 0 Å². The van der Waals surface area contributed by atoms with Crippen LogP contribution in [0.1, 0.15) is 46.1 Å². The predicted molar refractivity (Wildman–Crippen MR) is 123 cm³/mol. The molecule has 3 heterocycles. The van der Waals surface area contributed by atoms with Gasteiger partial charge in [-0.15, -0.1) is 0 Å². The molecule has 0 N–H and O–H groups in total. The first kappa shape index (κ1) is 21.2. The molecule has 1 fully saturated rings. The van der Waals surface area contributed by atoms with Crippen LogP contribution in [0.2, 0.25) is 0 Å². The summed E-state index contributed by atoms with van der Waals surface area (Å²) in [5.41, 5.74) is 2.15. The Bertz CT molecular complexity index is 1280. The van der Waals surface area contributed by atoms with Crippen molar-refractivity contribution >= 4 is 16.7 Å². The molecule has 2 aromatic heterocycles. The van der Waals surface area contributed by atoms with Gasteiger partial charge in [0.15, 0.2) is 0 Å². The van der Waals surface area contributed by atoms with Crippen LogP contribution in [-0.4, -0.2) is 33.9 Å². The second-order valence-corrected chi connectivity index (χ2v) is 8.44. The normalized spacial score (nSPS) is 16.2. The molecule has 2 aromatic carbocycles. The quantitative estimate of drug-likeness (QED) is 0.417. The summed E-state index contributed by atoms with van der Waals surface area (Å²) in [5, 5.41) is 1.85. The summed E-state index contributed by atoms with van der Waals surface area (Å²) in [7, 11) is 0. The number of benzene rings is 2. The van der Waals surface area contributed by atoms with E-state index in [1.807, 2.05) is 47.4 Å². The fourth-order valence-corrected chi connectivity index (χ4v) is 4.53. The largest absolute Gasteiger partial charge is 0.337 e. The maximum atomic E-state index is 14.0. The lowest BCUT2D eigenvalue weighted by Gasteiger charge is -2.32. The average molecular weight is 443 g/mol. The number of likely N-dealkylation sites (tertiary alicyclic amines) is 1. The second kappa shape index (κ2) is 9.06. The molecule has 0 radical (unpaired) electrons. The van der Waals surface area contributed by atoms with E-state index in [0.29, 0.717) is 18.8 Å². The molecule has 1 atom stereocenters. The lowest BCUT2D eigenvalue weighted by atomic mass is 9.93. The van der Waals surface area contributed by atoms with E-state index in [4.69, 9.17) is 0 Å². The first-order chi connectivity index (χ1) is 16.1. The van der Waals surface area contributed by atoms with E-state index in [-0.39, 0.29) is 23.8 Å². The van der Waals surface area contributed by atoms with Gasteiger partial charge < -0.3 is 4.90 Å². The highest BCUT2D eigenvalue weighted by Gasteiger charge is 2.27. The van der Waals surface area contributed by atoms with E-state index in [1.54, 1.807) is 12.4 Å². The summed E-state index contributed by atoms with van der Waals surface area (Å²) in [4.78, 5) is 24.1. The summed E-state index contributed by atoms with van der Waals surface area (Å²) in [5.74, 6) is -1.06. The van der Waals surface area contributed by atoms with Crippen molar-refractivity contribution in [1.29, 1.82) is 0 Å². The van der Waals surface area contributed by atoms with Gasteiger partial charge in [-0.05, 0) is 48.1 Å². The molecule has 0 unspecified atom stereocenters. The summed E-state index contributed by atoms with van der Waals surface area (Å²) in [6.07, 6.45) is 5.31. The number of hydrogen-bond donors (Lipinski definition) is 0. The van der Waals surface area contributed by atoms with Crippen molar-refractivity contribution in [2.45, 2.75) is 25.2 Å². The monoisotopic (exact) mass is 443 g/mol. The molecule has 5 rings (SSSR count). The van der Waals surface area contributed by atoms with E-state index in [1.165, 1.54) is 18.2 Å². The number of halogens is 2. The maximum Gasteiger partial charge on any atom is 0.273 e. The van der Waals surface area contributed by atoms with Crippen LogP contribution in [0.4, 0.5) is 8.78 Å². The van der Waals surface area contributed by atoms with Gasteiger partial charge in [0.2, 0.25) is 0 Å².